The van der Waals surface area contributed by atoms with Gasteiger partial charge in [-0.1, -0.05) is 0 Å². The minimum Gasteiger partial charge on any atom is -0.395 e. The van der Waals surface area contributed by atoms with E-state index in [9.17, 15) is 17.6 Å². The van der Waals surface area contributed by atoms with Gasteiger partial charge in [-0.3, -0.25) is 9.98 Å². The summed E-state index contributed by atoms with van der Waals surface area (Å²) >= 11 is 0. The van der Waals surface area contributed by atoms with E-state index in [1.165, 1.54) is 19.2 Å². The fourth-order valence-corrected chi connectivity index (χ4v) is 2.22. The summed E-state index contributed by atoms with van der Waals surface area (Å²) in [5.41, 5.74) is 5.88. The monoisotopic (exact) mass is 366 g/mol. The summed E-state index contributed by atoms with van der Waals surface area (Å²) < 4.78 is 52.0. The molecular weight excluding hydrogens is 348 g/mol. The molecule has 2 aromatic rings. The van der Waals surface area contributed by atoms with Crippen molar-refractivity contribution >= 4 is 11.4 Å². The van der Waals surface area contributed by atoms with Crippen LogP contribution in [0.15, 0.2) is 53.4 Å². The highest BCUT2D eigenvalue weighted by Crippen LogP contribution is 2.23. The lowest BCUT2D eigenvalue weighted by Gasteiger charge is -2.11. The van der Waals surface area contributed by atoms with Gasteiger partial charge in [-0.15, -0.1) is 0 Å². The van der Waals surface area contributed by atoms with Crippen LogP contribution >= 0.6 is 0 Å². The molecule has 138 valence electrons. The smallest absolute Gasteiger partial charge is 0.395 e. The lowest BCUT2D eigenvalue weighted by molar-refractivity contribution is -0.0925. The van der Waals surface area contributed by atoms with Crippen LogP contribution < -0.4 is 11.1 Å². The standard InChI is InChI=1S/C18H18F4N4/c1-11-9-25-6-5-12(11)10-26-13-3-4-14(15(19)7-13)16(24-2)8-17(23)18(20,21)22/h3-9,26H,10,23H2,1-2H3/b17-8-,24-16?. The Hall–Kier alpha value is -2.90. The molecular formula is C18H18F4N4. The van der Waals surface area contributed by atoms with E-state index in [0.29, 0.717) is 18.3 Å². The average molecular weight is 366 g/mol. The van der Waals surface area contributed by atoms with Crippen LogP contribution in [0.5, 0.6) is 0 Å². The van der Waals surface area contributed by atoms with Crippen molar-refractivity contribution in [1.82, 2.24) is 4.98 Å². The van der Waals surface area contributed by atoms with Gasteiger partial charge in [0.05, 0.1) is 5.71 Å². The number of nitrogens with zero attached hydrogens (tertiary/aromatic N) is 2. The van der Waals surface area contributed by atoms with Crippen molar-refractivity contribution in [1.29, 1.82) is 0 Å². The van der Waals surface area contributed by atoms with Gasteiger partial charge in [-0.25, -0.2) is 4.39 Å². The van der Waals surface area contributed by atoms with Crippen molar-refractivity contribution in [2.45, 2.75) is 19.6 Å². The number of aryl methyl sites for hydroxylation is 1. The maximum absolute atomic E-state index is 14.4. The molecule has 0 fully saturated rings. The summed E-state index contributed by atoms with van der Waals surface area (Å²) in [6.07, 6.45) is -0.695. The van der Waals surface area contributed by atoms with Gasteiger partial charge in [0, 0.05) is 37.2 Å². The van der Waals surface area contributed by atoms with Gasteiger partial charge in [0.25, 0.3) is 0 Å². The van der Waals surface area contributed by atoms with Crippen LogP contribution in [0, 0.1) is 12.7 Å². The van der Waals surface area contributed by atoms with Gasteiger partial charge in [0.2, 0.25) is 0 Å². The van der Waals surface area contributed by atoms with Gasteiger partial charge in [0.15, 0.2) is 0 Å². The minimum absolute atomic E-state index is 0.0645. The molecule has 0 saturated heterocycles. The SMILES string of the molecule is CN=C(/C=C(\N)C(F)(F)F)c1ccc(NCc2ccncc2C)cc1F. The topological polar surface area (TPSA) is 63.3 Å². The second kappa shape index (κ2) is 7.99. The highest BCUT2D eigenvalue weighted by molar-refractivity contribution is 6.09. The molecule has 1 heterocycles. The van der Waals surface area contributed by atoms with E-state index >= 15 is 0 Å². The number of anilines is 1. The molecule has 2 rings (SSSR count). The summed E-state index contributed by atoms with van der Waals surface area (Å²) in [7, 11) is 1.27. The van der Waals surface area contributed by atoms with Crippen molar-refractivity contribution in [3.63, 3.8) is 0 Å². The molecule has 0 spiro atoms. The maximum atomic E-state index is 14.4. The van der Waals surface area contributed by atoms with Crippen molar-refractivity contribution in [3.05, 3.63) is 70.9 Å². The summed E-state index contributed by atoms with van der Waals surface area (Å²) in [4.78, 5) is 7.70. The van der Waals surface area contributed by atoms with E-state index in [4.69, 9.17) is 5.73 Å². The van der Waals surface area contributed by atoms with Crippen molar-refractivity contribution in [2.24, 2.45) is 10.7 Å². The fraction of sp³-hybridized carbons (Fsp3) is 0.222. The number of benzene rings is 1. The van der Waals surface area contributed by atoms with Crippen LogP contribution in [0.3, 0.4) is 0 Å². The first-order valence-corrected chi connectivity index (χ1v) is 7.66. The van der Waals surface area contributed by atoms with Crippen LogP contribution in [-0.2, 0) is 6.54 Å². The molecule has 0 aliphatic heterocycles. The number of pyridine rings is 1. The largest absolute Gasteiger partial charge is 0.430 e. The molecule has 1 aromatic heterocycles. The maximum Gasteiger partial charge on any atom is 0.430 e. The van der Waals surface area contributed by atoms with E-state index in [0.717, 1.165) is 11.1 Å². The second-order valence-corrected chi connectivity index (χ2v) is 5.56. The number of hydrogen-bond donors (Lipinski definition) is 2. The van der Waals surface area contributed by atoms with Gasteiger partial charge >= 0.3 is 6.18 Å². The third-order valence-electron chi connectivity index (χ3n) is 3.72. The van der Waals surface area contributed by atoms with Crippen LogP contribution in [0.25, 0.3) is 0 Å². The van der Waals surface area contributed by atoms with Crippen molar-refractivity contribution in [3.8, 4) is 0 Å². The molecule has 3 N–H and O–H groups in total. The molecule has 0 amide bonds. The van der Waals surface area contributed by atoms with Crippen LogP contribution in [0.1, 0.15) is 16.7 Å². The van der Waals surface area contributed by atoms with Gasteiger partial charge in [-0.05, 0) is 48.4 Å². The molecule has 4 nitrogen and oxygen atoms in total. The number of rotatable bonds is 5. The fourth-order valence-electron chi connectivity index (χ4n) is 2.22. The zero-order valence-electron chi connectivity index (χ0n) is 14.2. The molecule has 0 unspecified atom stereocenters. The molecule has 0 aliphatic carbocycles. The molecule has 8 heteroatoms. The number of aliphatic imine (C=N–C) groups is 1. The normalized spacial score (nSPS) is 13.0. The number of aromatic nitrogens is 1. The number of hydrogen-bond acceptors (Lipinski definition) is 4. The number of halogens is 4. The van der Waals surface area contributed by atoms with Crippen LogP contribution in [-0.4, -0.2) is 23.9 Å². The third-order valence-corrected chi connectivity index (χ3v) is 3.72. The van der Waals surface area contributed by atoms with Crippen LogP contribution in [0.4, 0.5) is 23.2 Å². The molecule has 0 atom stereocenters. The Balaban J connectivity index is 2.20. The lowest BCUT2D eigenvalue weighted by Crippen LogP contribution is -2.21. The Morgan fingerprint density at radius 2 is 2.04 bits per heavy atom. The molecule has 1 aromatic carbocycles. The van der Waals surface area contributed by atoms with E-state index in [2.05, 4.69) is 15.3 Å². The first-order chi connectivity index (χ1) is 12.2. The van der Waals surface area contributed by atoms with E-state index in [1.807, 2.05) is 13.0 Å². The van der Waals surface area contributed by atoms with Crippen molar-refractivity contribution in [2.75, 3.05) is 12.4 Å². The predicted molar refractivity (Wildman–Crippen MR) is 93.5 cm³/mol. The Bertz CT molecular complexity index is 841. The second-order valence-electron chi connectivity index (χ2n) is 5.56. The van der Waals surface area contributed by atoms with E-state index in [1.54, 1.807) is 18.5 Å². The Morgan fingerprint density at radius 3 is 2.62 bits per heavy atom. The van der Waals surface area contributed by atoms with Gasteiger partial charge in [0.1, 0.15) is 11.5 Å². The molecule has 0 bridgehead atoms. The van der Waals surface area contributed by atoms with E-state index < -0.39 is 17.7 Å². The molecule has 26 heavy (non-hydrogen) atoms. The zero-order valence-corrected chi connectivity index (χ0v) is 14.2. The van der Waals surface area contributed by atoms with E-state index in [-0.39, 0.29) is 11.3 Å². The van der Waals surface area contributed by atoms with Crippen LogP contribution in [0.2, 0.25) is 0 Å². The molecule has 0 saturated carbocycles. The lowest BCUT2D eigenvalue weighted by atomic mass is 10.1. The Kier molecular flexibility index (Phi) is 5.97. The molecule has 0 aliphatic rings. The van der Waals surface area contributed by atoms with Gasteiger partial charge < -0.3 is 11.1 Å². The highest BCUT2D eigenvalue weighted by atomic mass is 19.4. The number of nitrogens with two attached hydrogens (primary N) is 1. The first kappa shape index (κ1) is 19.4. The third kappa shape index (κ3) is 4.81. The highest BCUT2D eigenvalue weighted by Gasteiger charge is 2.31. The van der Waals surface area contributed by atoms with Gasteiger partial charge in [-0.2, -0.15) is 13.2 Å². The summed E-state index contributed by atoms with van der Waals surface area (Å²) in [5.74, 6) is -0.701. The average Bonchev–Trinajstić information content (AvgIpc) is 2.58. The zero-order chi connectivity index (χ0) is 19.3. The number of allylic oxidation sites excluding steroid dienone is 2. The quantitative estimate of drug-likeness (QED) is 0.622. The summed E-state index contributed by atoms with van der Waals surface area (Å²) in [6, 6.07) is 5.98. The minimum atomic E-state index is -4.70. The predicted octanol–water partition coefficient (Wildman–Crippen LogP) is 3.97. The molecule has 0 radical (unpaired) electrons. The Labute approximate surface area is 148 Å². The summed E-state index contributed by atoms with van der Waals surface area (Å²) in [5, 5.41) is 3.06. The first-order valence-electron chi connectivity index (χ1n) is 7.66. The van der Waals surface area contributed by atoms with Crippen molar-refractivity contribution < 1.29 is 17.6 Å². The number of alkyl halides is 3. The summed E-state index contributed by atoms with van der Waals surface area (Å²) in [6.45, 7) is 2.37. The Morgan fingerprint density at radius 1 is 1.31 bits per heavy atom. The number of nitrogens with one attached hydrogen (secondary N) is 1.